The van der Waals surface area contributed by atoms with Gasteiger partial charge in [-0.15, -0.1) is 0 Å². The van der Waals surface area contributed by atoms with Crippen molar-refractivity contribution in [3.8, 4) is 5.75 Å². The number of hydrogen-bond acceptors (Lipinski definition) is 4. The van der Waals surface area contributed by atoms with E-state index in [9.17, 15) is 4.79 Å². The maximum atomic E-state index is 11.6. The number of rotatable bonds is 5. The summed E-state index contributed by atoms with van der Waals surface area (Å²) in [6.07, 6.45) is -0.581. The van der Waals surface area contributed by atoms with Crippen LogP contribution in [0.2, 0.25) is 5.02 Å². The van der Waals surface area contributed by atoms with Gasteiger partial charge in [0.2, 0.25) is 0 Å². The predicted molar refractivity (Wildman–Crippen MR) is 90.3 cm³/mol. The number of hydrogen-bond donors (Lipinski definition) is 1. The van der Waals surface area contributed by atoms with E-state index in [1.54, 1.807) is 43.4 Å². The molecular weight excluding hydrogens is 330 g/mol. The largest absolute Gasteiger partial charge is 0.491 e. The Morgan fingerprint density at radius 1 is 1.29 bits per heavy atom. The molecule has 5 nitrogen and oxygen atoms in total. The van der Waals surface area contributed by atoms with Crippen LogP contribution in [-0.2, 0) is 9.47 Å². The maximum absolute atomic E-state index is 11.6. The van der Waals surface area contributed by atoms with Gasteiger partial charge < -0.3 is 19.5 Å². The lowest BCUT2D eigenvalue weighted by atomic mass is 10.2. The summed E-state index contributed by atoms with van der Waals surface area (Å²) >= 11 is 5.88. The molecule has 1 amide bonds. The number of nitrogens with one attached hydrogen (secondary N) is 1. The molecule has 0 aromatic heterocycles. The van der Waals surface area contributed by atoms with E-state index in [0.29, 0.717) is 29.5 Å². The van der Waals surface area contributed by atoms with Gasteiger partial charge in [-0.2, -0.15) is 0 Å². The number of carbonyl (C=O) groups excluding carboxylic acids is 1. The molecule has 6 heteroatoms. The Morgan fingerprint density at radius 2 is 2.08 bits per heavy atom. The van der Waals surface area contributed by atoms with Crippen LogP contribution in [0.15, 0.2) is 48.5 Å². The number of halogens is 1. The highest BCUT2D eigenvalue weighted by molar-refractivity contribution is 6.30. The fourth-order valence-electron chi connectivity index (χ4n) is 2.39. The zero-order valence-corrected chi connectivity index (χ0v) is 14.0. The average molecular weight is 348 g/mol. The van der Waals surface area contributed by atoms with E-state index >= 15 is 0 Å². The number of ether oxygens (including phenoxy) is 3. The normalized spacial score (nSPS) is 19.9. The first-order valence-corrected chi connectivity index (χ1v) is 8.01. The summed E-state index contributed by atoms with van der Waals surface area (Å²) in [5, 5.41) is 3.26. The summed E-state index contributed by atoms with van der Waals surface area (Å²) in [6, 6.07) is 14.4. The molecule has 0 aliphatic carbocycles. The van der Waals surface area contributed by atoms with Crippen molar-refractivity contribution in [3.63, 3.8) is 0 Å². The fourth-order valence-corrected chi connectivity index (χ4v) is 2.52. The Bertz CT molecular complexity index is 704. The Balaban J connectivity index is 1.54. The first-order valence-electron chi connectivity index (χ1n) is 7.63. The third-order valence-electron chi connectivity index (χ3n) is 3.65. The number of carbonyl (C=O) groups is 1. The molecule has 126 valence electrons. The van der Waals surface area contributed by atoms with Crippen molar-refractivity contribution >= 4 is 17.5 Å². The summed E-state index contributed by atoms with van der Waals surface area (Å²) in [4.78, 5) is 11.6. The summed E-state index contributed by atoms with van der Waals surface area (Å²) in [6.45, 7) is 0.795. The van der Waals surface area contributed by atoms with E-state index in [4.69, 9.17) is 25.8 Å². The molecule has 1 heterocycles. The van der Waals surface area contributed by atoms with Crippen molar-refractivity contribution in [1.29, 1.82) is 0 Å². The van der Waals surface area contributed by atoms with Gasteiger partial charge in [-0.05, 0) is 30.3 Å². The molecule has 1 aliphatic rings. The van der Waals surface area contributed by atoms with Gasteiger partial charge in [0.1, 0.15) is 18.5 Å². The molecule has 0 saturated carbocycles. The summed E-state index contributed by atoms with van der Waals surface area (Å²) < 4.78 is 17.2. The summed E-state index contributed by atoms with van der Waals surface area (Å²) in [5.41, 5.74) is 1.47. The third-order valence-corrected chi connectivity index (χ3v) is 3.90. The standard InChI is InChI=1S/C18H18ClNO4/c1-20-17(21)13-3-2-4-15(9-13)22-10-16-11-23-18(24-16)12-5-7-14(19)8-6-12/h2-9,16,18H,10-11H2,1H3,(H,20,21)/t16-,18-/m0/s1. The topological polar surface area (TPSA) is 56.8 Å². The molecule has 1 aliphatic heterocycles. The van der Waals surface area contributed by atoms with Crippen molar-refractivity contribution in [2.24, 2.45) is 0 Å². The number of benzene rings is 2. The highest BCUT2D eigenvalue weighted by Crippen LogP contribution is 2.28. The summed E-state index contributed by atoms with van der Waals surface area (Å²) in [7, 11) is 1.59. The average Bonchev–Trinajstić information content (AvgIpc) is 3.09. The van der Waals surface area contributed by atoms with Crippen molar-refractivity contribution in [3.05, 3.63) is 64.7 Å². The van der Waals surface area contributed by atoms with Gasteiger partial charge in [0.15, 0.2) is 6.29 Å². The molecule has 1 saturated heterocycles. The molecular formula is C18H18ClNO4. The zero-order valence-electron chi connectivity index (χ0n) is 13.2. The Kier molecular flexibility index (Phi) is 5.35. The highest BCUT2D eigenvalue weighted by atomic mass is 35.5. The van der Waals surface area contributed by atoms with Crippen LogP contribution in [0.25, 0.3) is 0 Å². The SMILES string of the molecule is CNC(=O)c1cccc(OC[C@H]2CO[C@H](c3ccc(Cl)cc3)O2)c1. The molecule has 1 fully saturated rings. The van der Waals surface area contributed by atoms with Crippen molar-refractivity contribution < 1.29 is 19.0 Å². The van der Waals surface area contributed by atoms with E-state index in [1.165, 1.54) is 0 Å². The highest BCUT2D eigenvalue weighted by Gasteiger charge is 2.27. The molecule has 2 atom stereocenters. The maximum Gasteiger partial charge on any atom is 0.251 e. The van der Waals surface area contributed by atoms with E-state index in [0.717, 1.165) is 5.56 Å². The van der Waals surface area contributed by atoms with E-state index < -0.39 is 6.29 Å². The Hall–Kier alpha value is -2.08. The quantitative estimate of drug-likeness (QED) is 0.902. The monoisotopic (exact) mass is 347 g/mol. The van der Waals surface area contributed by atoms with E-state index in [-0.39, 0.29) is 12.0 Å². The van der Waals surface area contributed by atoms with Crippen LogP contribution in [0.5, 0.6) is 5.75 Å². The molecule has 0 spiro atoms. The third kappa shape index (κ3) is 4.06. The van der Waals surface area contributed by atoms with Crippen LogP contribution in [0.4, 0.5) is 0 Å². The molecule has 3 rings (SSSR count). The van der Waals surface area contributed by atoms with Gasteiger partial charge in [0.25, 0.3) is 5.91 Å². The fraction of sp³-hybridized carbons (Fsp3) is 0.278. The second-order valence-electron chi connectivity index (χ2n) is 5.39. The molecule has 1 N–H and O–H groups in total. The van der Waals surface area contributed by atoms with Crippen LogP contribution < -0.4 is 10.1 Å². The van der Waals surface area contributed by atoms with Crippen LogP contribution in [0, 0.1) is 0 Å². The second-order valence-corrected chi connectivity index (χ2v) is 5.83. The minimum absolute atomic E-state index is 0.149. The van der Waals surface area contributed by atoms with Gasteiger partial charge in [0, 0.05) is 23.2 Å². The summed E-state index contributed by atoms with van der Waals surface area (Å²) in [5.74, 6) is 0.471. The second kappa shape index (κ2) is 7.66. The van der Waals surface area contributed by atoms with E-state index in [1.807, 2.05) is 12.1 Å². The lowest BCUT2D eigenvalue weighted by molar-refractivity contribution is -0.0659. The van der Waals surface area contributed by atoms with Crippen molar-refractivity contribution in [2.45, 2.75) is 12.4 Å². The van der Waals surface area contributed by atoms with Gasteiger partial charge in [-0.25, -0.2) is 0 Å². The van der Waals surface area contributed by atoms with Crippen LogP contribution >= 0.6 is 11.6 Å². The lowest BCUT2D eigenvalue weighted by Gasteiger charge is -2.13. The smallest absolute Gasteiger partial charge is 0.251 e. The van der Waals surface area contributed by atoms with Gasteiger partial charge in [0.05, 0.1) is 6.61 Å². The Labute approximate surface area is 145 Å². The zero-order chi connectivity index (χ0) is 16.9. The minimum atomic E-state index is -0.409. The molecule has 24 heavy (non-hydrogen) atoms. The molecule has 2 aromatic carbocycles. The molecule has 2 aromatic rings. The van der Waals surface area contributed by atoms with E-state index in [2.05, 4.69) is 5.32 Å². The van der Waals surface area contributed by atoms with Gasteiger partial charge in [-0.3, -0.25) is 4.79 Å². The first-order chi connectivity index (χ1) is 11.7. The lowest BCUT2D eigenvalue weighted by Crippen LogP contribution is -2.20. The Morgan fingerprint density at radius 3 is 2.83 bits per heavy atom. The predicted octanol–water partition coefficient (Wildman–Crippen LogP) is 3.19. The van der Waals surface area contributed by atoms with Crippen molar-refractivity contribution in [2.75, 3.05) is 20.3 Å². The first kappa shape index (κ1) is 16.8. The van der Waals surface area contributed by atoms with Crippen LogP contribution in [0.3, 0.4) is 0 Å². The van der Waals surface area contributed by atoms with Crippen LogP contribution in [0.1, 0.15) is 22.2 Å². The number of amides is 1. The minimum Gasteiger partial charge on any atom is -0.491 e. The van der Waals surface area contributed by atoms with Crippen molar-refractivity contribution in [1.82, 2.24) is 5.32 Å². The molecule has 0 radical (unpaired) electrons. The van der Waals surface area contributed by atoms with Gasteiger partial charge in [-0.1, -0.05) is 29.8 Å². The molecule has 0 bridgehead atoms. The van der Waals surface area contributed by atoms with Crippen LogP contribution in [-0.4, -0.2) is 32.3 Å². The van der Waals surface area contributed by atoms with Gasteiger partial charge >= 0.3 is 0 Å². The molecule has 0 unspecified atom stereocenters.